The molecule has 4 aromatic rings. The Hall–Kier alpha value is -4.08. The maximum atomic E-state index is 13.5. The van der Waals surface area contributed by atoms with Gasteiger partial charge in [0.25, 0.3) is 11.5 Å². The largest absolute Gasteiger partial charge is 0.461 e. The van der Waals surface area contributed by atoms with Crippen LogP contribution >= 0.6 is 23.2 Å². The Morgan fingerprint density at radius 3 is 2.24 bits per heavy atom. The van der Waals surface area contributed by atoms with Crippen molar-refractivity contribution >= 4 is 51.7 Å². The lowest BCUT2D eigenvalue weighted by molar-refractivity contribution is -0.149. The second-order valence-electron chi connectivity index (χ2n) is 10.2. The Morgan fingerprint density at radius 2 is 1.64 bits per heavy atom. The first-order valence-corrected chi connectivity index (χ1v) is 14.2. The summed E-state index contributed by atoms with van der Waals surface area (Å²) in [6, 6.07) is 15.7. The first kappa shape index (κ1) is 30.9. The van der Waals surface area contributed by atoms with Crippen LogP contribution < -0.4 is 21.5 Å². The third-order valence-corrected chi connectivity index (χ3v) is 7.56. The number of anilines is 1. The van der Waals surface area contributed by atoms with Crippen molar-refractivity contribution in [2.24, 2.45) is 7.05 Å². The van der Waals surface area contributed by atoms with Gasteiger partial charge in [-0.15, -0.1) is 0 Å². The minimum Gasteiger partial charge on any atom is -0.461 e. The van der Waals surface area contributed by atoms with Crippen molar-refractivity contribution in [3.05, 3.63) is 103 Å². The number of aromatic nitrogens is 2. The summed E-state index contributed by atoms with van der Waals surface area (Å²) >= 11 is 12.4. The highest BCUT2D eigenvalue weighted by Crippen LogP contribution is 2.24. The number of fused-ring (bicyclic) bond motifs is 1. The van der Waals surface area contributed by atoms with E-state index < -0.39 is 35.3 Å². The topological polar surface area (TPSA) is 103 Å². The van der Waals surface area contributed by atoms with E-state index >= 15 is 0 Å². The molecule has 42 heavy (non-hydrogen) atoms. The molecule has 1 N–H and O–H groups in total. The zero-order valence-electron chi connectivity index (χ0n) is 24.0. The first-order chi connectivity index (χ1) is 19.9. The van der Waals surface area contributed by atoms with Crippen LogP contribution in [-0.2, 0) is 23.0 Å². The molecule has 0 spiro atoms. The van der Waals surface area contributed by atoms with E-state index in [1.165, 1.54) is 16.7 Å². The smallest absolute Gasteiger partial charge is 0.335 e. The van der Waals surface area contributed by atoms with E-state index in [1.54, 1.807) is 63.4 Å². The maximum absolute atomic E-state index is 13.5. The number of rotatable bonds is 9. The number of halogens is 2. The molecule has 0 aliphatic rings. The average molecular weight is 612 g/mol. The van der Waals surface area contributed by atoms with Gasteiger partial charge >= 0.3 is 11.7 Å². The molecule has 11 heteroatoms. The number of carbonyl (C=O) groups excluding carboxylic acids is 2. The summed E-state index contributed by atoms with van der Waals surface area (Å²) in [5.41, 5.74) is 1.56. The number of carbonyl (C=O) groups is 2. The third kappa shape index (κ3) is 6.37. The van der Waals surface area contributed by atoms with Crippen molar-refractivity contribution in [3.63, 3.8) is 0 Å². The van der Waals surface area contributed by atoms with Crippen molar-refractivity contribution in [2.45, 2.75) is 39.3 Å². The predicted octanol–water partition coefficient (Wildman–Crippen LogP) is 4.75. The fourth-order valence-corrected chi connectivity index (χ4v) is 5.13. The predicted molar refractivity (Wildman–Crippen MR) is 166 cm³/mol. The average Bonchev–Trinajstić information content (AvgIpc) is 2.95. The van der Waals surface area contributed by atoms with Crippen molar-refractivity contribution in [1.29, 1.82) is 0 Å². The highest BCUT2D eigenvalue weighted by molar-refractivity contribution is 6.39. The molecule has 1 aromatic heterocycles. The van der Waals surface area contributed by atoms with Crippen LogP contribution in [0.25, 0.3) is 16.6 Å². The fourth-order valence-electron chi connectivity index (χ4n) is 4.57. The van der Waals surface area contributed by atoms with Gasteiger partial charge in [-0.25, -0.2) is 14.2 Å². The number of esters is 1. The molecular formula is C31H32Cl2N4O5. The number of benzene rings is 3. The van der Waals surface area contributed by atoms with Gasteiger partial charge in [-0.1, -0.05) is 41.4 Å². The monoisotopic (exact) mass is 610 g/mol. The minimum atomic E-state index is -1.05. The third-order valence-electron chi connectivity index (χ3n) is 6.93. The van der Waals surface area contributed by atoms with Gasteiger partial charge in [0.05, 0.1) is 38.3 Å². The van der Waals surface area contributed by atoms with Crippen LogP contribution in [-0.4, -0.2) is 46.7 Å². The molecule has 9 nitrogen and oxygen atoms in total. The molecule has 0 bridgehead atoms. The molecule has 0 radical (unpaired) electrons. The van der Waals surface area contributed by atoms with Crippen LogP contribution in [0.3, 0.4) is 0 Å². The van der Waals surface area contributed by atoms with E-state index in [9.17, 15) is 19.2 Å². The maximum Gasteiger partial charge on any atom is 0.335 e. The first-order valence-electron chi connectivity index (χ1n) is 13.4. The molecule has 0 saturated heterocycles. The van der Waals surface area contributed by atoms with E-state index in [-0.39, 0.29) is 22.0 Å². The zero-order chi connectivity index (χ0) is 30.7. The van der Waals surface area contributed by atoms with E-state index in [4.69, 9.17) is 27.9 Å². The molecule has 0 aliphatic carbocycles. The number of nitrogens with zero attached hydrogens (tertiary/aromatic N) is 3. The number of nitrogens with one attached hydrogen (secondary N) is 1. The van der Waals surface area contributed by atoms with Gasteiger partial charge in [0.2, 0.25) is 0 Å². The standard InChI is InChI=1S/C31H32Cl2N4O5/c1-6-35(4)21-14-15-26-22(17-21)29(39)37(31(41)36(26)5)20-12-10-19(11-13-20)16-25(30(40)42-18(2)3)34-28(38)27-23(32)8-7-9-24(27)33/h7-15,17-18,25H,6,16H2,1-5H3,(H,34,38)/t25-/m0/s1. The van der Waals surface area contributed by atoms with Gasteiger partial charge in [0, 0.05) is 32.7 Å². The molecule has 0 fully saturated rings. The molecule has 1 atom stereocenters. The van der Waals surface area contributed by atoms with Crippen LogP contribution in [0.15, 0.2) is 70.3 Å². The quantitative estimate of drug-likeness (QED) is 0.274. The molecule has 3 aromatic carbocycles. The number of hydrogen-bond acceptors (Lipinski definition) is 6. The molecule has 1 amide bonds. The van der Waals surface area contributed by atoms with Gasteiger partial charge in [-0.05, 0) is 68.8 Å². The molecule has 0 saturated carbocycles. The van der Waals surface area contributed by atoms with Gasteiger partial charge in [0.15, 0.2) is 0 Å². The number of aryl methyl sites for hydroxylation is 1. The summed E-state index contributed by atoms with van der Waals surface area (Å²) in [6.07, 6.45) is -0.325. The minimum absolute atomic E-state index is 0.0540. The van der Waals surface area contributed by atoms with E-state index in [1.807, 2.05) is 24.9 Å². The Bertz CT molecular complexity index is 1740. The summed E-state index contributed by atoms with van der Waals surface area (Å²) in [7, 11) is 3.55. The van der Waals surface area contributed by atoms with Gasteiger partial charge in [0.1, 0.15) is 6.04 Å². The van der Waals surface area contributed by atoms with Crippen molar-refractivity contribution in [2.75, 3.05) is 18.5 Å². The lowest BCUT2D eigenvalue weighted by atomic mass is 10.0. The lowest BCUT2D eigenvalue weighted by Crippen LogP contribution is -2.44. The van der Waals surface area contributed by atoms with Gasteiger partial charge in [-0.3, -0.25) is 14.2 Å². The van der Waals surface area contributed by atoms with Crippen molar-refractivity contribution in [3.8, 4) is 5.69 Å². The van der Waals surface area contributed by atoms with E-state index in [2.05, 4.69) is 5.32 Å². The second kappa shape index (κ2) is 12.8. The number of ether oxygens (including phenoxy) is 1. The molecule has 1 heterocycles. The molecular weight excluding hydrogens is 579 g/mol. The van der Waals surface area contributed by atoms with Crippen molar-refractivity contribution < 1.29 is 14.3 Å². The highest BCUT2D eigenvalue weighted by atomic mass is 35.5. The number of hydrogen-bond donors (Lipinski definition) is 1. The Kier molecular flexibility index (Phi) is 9.43. The highest BCUT2D eigenvalue weighted by Gasteiger charge is 2.26. The van der Waals surface area contributed by atoms with Crippen LogP contribution in [0.5, 0.6) is 0 Å². The zero-order valence-corrected chi connectivity index (χ0v) is 25.5. The fraction of sp³-hybridized carbons (Fsp3) is 0.290. The lowest BCUT2D eigenvalue weighted by Gasteiger charge is -2.20. The van der Waals surface area contributed by atoms with Crippen LogP contribution in [0, 0.1) is 0 Å². The van der Waals surface area contributed by atoms with Gasteiger partial charge < -0.3 is 15.0 Å². The molecule has 4 rings (SSSR count). The van der Waals surface area contributed by atoms with E-state index in [0.29, 0.717) is 22.2 Å². The van der Waals surface area contributed by atoms with Crippen LogP contribution in [0.1, 0.15) is 36.7 Å². The molecule has 0 aliphatic heterocycles. The molecule has 0 unspecified atom stereocenters. The Labute approximate surface area is 253 Å². The summed E-state index contributed by atoms with van der Waals surface area (Å²) in [4.78, 5) is 54.7. The summed E-state index contributed by atoms with van der Waals surface area (Å²) in [6.45, 7) is 6.18. The number of amides is 1. The van der Waals surface area contributed by atoms with Gasteiger partial charge in [-0.2, -0.15) is 0 Å². The summed E-state index contributed by atoms with van der Waals surface area (Å²) in [5, 5.41) is 3.40. The molecule has 220 valence electrons. The van der Waals surface area contributed by atoms with Crippen LogP contribution in [0.2, 0.25) is 10.0 Å². The Balaban J connectivity index is 1.67. The van der Waals surface area contributed by atoms with E-state index in [0.717, 1.165) is 16.8 Å². The summed E-state index contributed by atoms with van der Waals surface area (Å²) in [5.74, 6) is -1.25. The second-order valence-corrected chi connectivity index (χ2v) is 11.0. The SMILES string of the molecule is CCN(C)c1ccc2c(c1)c(=O)n(-c1ccc(C[C@H](NC(=O)c3c(Cl)cccc3Cl)C(=O)OC(C)C)cc1)c(=O)n2C. The Morgan fingerprint density at radius 1 is 1.00 bits per heavy atom. The summed E-state index contributed by atoms with van der Waals surface area (Å²) < 4.78 is 7.94. The van der Waals surface area contributed by atoms with Crippen molar-refractivity contribution in [1.82, 2.24) is 14.5 Å². The normalized spacial score (nSPS) is 11.9. The van der Waals surface area contributed by atoms with Crippen LogP contribution in [0.4, 0.5) is 5.69 Å².